The number of benzene rings is 2. The number of thiophene rings is 1. The van der Waals surface area contributed by atoms with Crippen LogP contribution < -0.4 is 15.5 Å². The van der Waals surface area contributed by atoms with Crippen LogP contribution in [0.2, 0.25) is 0 Å². The van der Waals surface area contributed by atoms with Gasteiger partial charge in [-0.2, -0.15) is 5.10 Å². The predicted octanol–water partition coefficient (Wildman–Crippen LogP) is 4.42. The highest BCUT2D eigenvalue weighted by Crippen LogP contribution is 2.39. The minimum absolute atomic E-state index is 0.210. The first kappa shape index (κ1) is 26.7. The highest BCUT2D eigenvalue weighted by molar-refractivity contribution is 7.17. The van der Waals surface area contributed by atoms with Crippen LogP contribution >= 0.6 is 11.3 Å². The molecule has 0 aliphatic heterocycles. The van der Waals surface area contributed by atoms with Crippen LogP contribution in [0.3, 0.4) is 0 Å². The van der Waals surface area contributed by atoms with Crippen LogP contribution in [0.25, 0.3) is 0 Å². The van der Waals surface area contributed by atoms with E-state index in [4.69, 9.17) is 9.47 Å². The Hall–Kier alpha value is -4.31. The molecular formula is C28H27N3O6S. The number of hydrogen-bond donors (Lipinski definition) is 2. The van der Waals surface area contributed by atoms with Crippen molar-refractivity contribution in [2.45, 2.75) is 40.0 Å². The first-order chi connectivity index (χ1) is 18.3. The largest absolute Gasteiger partial charge is 0.462 e. The normalized spacial score (nSPS) is 12.4. The van der Waals surface area contributed by atoms with Crippen LogP contribution in [0.4, 0.5) is 5.00 Å². The number of nitrogens with one attached hydrogen (secondary N) is 2. The van der Waals surface area contributed by atoms with Crippen molar-refractivity contribution in [3.8, 4) is 5.75 Å². The lowest BCUT2D eigenvalue weighted by Gasteiger charge is -2.08. The minimum atomic E-state index is -0.975. The molecule has 1 aliphatic carbocycles. The van der Waals surface area contributed by atoms with Crippen molar-refractivity contribution in [3.05, 3.63) is 81.2 Å². The molecular weight excluding hydrogens is 506 g/mol. The van der Waals surface area contributed by atoms with Crippen molar-refractivity contribution >= 4 is 45.8 Å². The lowest BCUT2D eigenvalue weighted by molar-refractivity contribution is -0.136. The molecule has 1 heterocycles. The molecule has 0 unspecified atom stereocenters. The number of anilines is 1. The van der Waals surface area contributed by atoms with E-state index >= 15 is 0 Å². The standard InChI is InChI=1S/C28H27N3O6S/c1-4-36-28(35)23-21-10-7-11-22(21)38-26(23)29-24(32)25(33)31-30-17(3)18-12-14-19(15-13-18)37-27(34)20-9-6-5-8-16(20)2/h5-6,8-9,12-15H,4,7,10-11H2,1-3H3,(H,29,32)(H,31,33). The lowest BCUT2D eigenvalue weighted by Crippen LogP contribution is -2.33. The zero-order valence-corrected chi connectivity index (χ0v) is 22.1. The maximum atomic E-state index is 12.5. The Morgan fingerprint density at radius 1 is 0.974 bits per heavy atom. The van der Waals surface area contributed by atoms with Crippen molar-refractivity contribution in [1.29, 1.82) is 0 Å². The van der Waals surface area contributed by atoms with Crippen molar-refractivity contribution in [1.82, 2.24) is 5.43 Å². The summed E-state index contributed by atoms with van der Waals surface area (Å²) in [6.07, 6.45) is 2.49. The molecule has 0 atom stereocenters. The third-order valence-corrected chi connectivity index (χ3v) is 7.21. The summed E-state index contributed by atoms with van der Waals surface area (Å²) in [6, 6.07) is 13.8. The topological polar surface area (TPSA) is 123 Å². The highest BCUT2D eigenvalue weighted by atomic mass is 32.1. The van der Waals surface area contributed by atoms with Gasteiger partial charge < -0.3 is 14.8 Å². The fourth-order valence-corrected chi connectivity index (χ4v) is 5.32. The molecule has 0 bridgehead atoms. The molecule has 0 saturated carbocycles. The van der Waals surface area contributed by atoms with E-state index in [-0.39, 0.29) is 6.61 Å². The number of rotatable bonds is 7. The second-order valence-corrected chi connectivity index (χ2v) is 9.71. The fourth-order valence-electron chi connectivity index (χ4n) is 4.05. The molecule has 4 rings (SSSR count). The van der Waals surface area contributed by atoms with Gasteiger partial charge in [0.2, 0.25) is 0 Å². The molecule has 9 nitrogen and oxygen atoms in total. The molecule has 196 valence electrons. The smallest absolute Gasteiger partial charge is 0.343 e. The third kappa shape index (κ3) is 5.97. The van der Waals surface area contributed by atoms with Gasteiger partial charge in [-0.25, -0.2) is 15.0 Å². The number of ether oxygens (including phenoxy) is 2. The van der Waals surface area contributed by atoms with E-state index < -0.39 is 23.8 Å². The van der Waals surface area contributed by atoms with Gasteiger partial charge in [0.15, 0.2) is 0 Å². The monoisotopic (exact) mass is 533 g/mol. The SMILES string of the molecule is CCOC(=O)c1c(NC(=O)C(=O)NN=C(C)c2ccc(OC(=O)c3ccccc3C)cc2)sc2c1CCC2. The van der Waals surface area contributed by atoms with Crippen LogP contribution in [-0.4, -0.2) is 36.1 Å². The molecule has 0 fully saturated rings. The molecule has 0 saturated heterocycles. The van der Waals surface area contributed by atoms with Crippen molar-refractivity contribution in [2.24, 2.45) is 5.10 Å². The summed E-state index contributed by atoms with van der Waals surface area (Å²) in [5, 5.41) is 6.85. The summed E-state index contributed by atoms with van der Waals surface area (Å²) in [7, 11) is 0. The predicted molar refractivity (Wildman–Crippen MR) is 144 cm³/mol. The summed E-state index contributed by atoms with van der Waals surface area (Å²) in [6.45, 7) is 5.42. The molecule has 2 N–H and O–H groups in total. The van der Waals surface area contributed by atoms with Gasteiger partial charge in [-0.3, -0.25) is 9.59 Å². The number of carbonyl (C=O) groups excluding carboxylic acids is 4. The molecule has 2 amide bonds. The Morgan fingerprint density at radius 3 is 2.42 bits per heavy atom. The van der Waals surface area contributed by atoms with E-state index in [2.05, 4.69) is 15.8 Å². The molecule has 0 spiro atoms. The maximum absolute atomic E-state index is 12.5. The van der Waals surface area contributed by atoms with Gasteiger partial charge in [0.1, 0.15) is 10.8 Å². The summed E-state index contributed by atoms with van der Waals surface area (Å²) in [4.78, 5) is 50.8. The Bertz CT molecular complexity index is 1420. The van der Waals surface area contributed by atoms with E-state index in [0.29, 0.717) is 33.2 Å². The lowest BCUT2D eigenvalue weighted by atomic mass is 10.1. The van der Waals surface area contributed by atoms with Crippen molar-refractivity contribution in [3.63, 3.8) is 0 Å². The zero-order valence-electron chi connectivity index (χ0n) is 21.3. The number of amides is 2. The highest BCUT2D eigenvalue weighted by Gasteiger charge is 2.29. The van der Waals surface area contributed by atoms with Gasteiger partial charge in [-0.15, -0.1) is 11.3 Å². The van der Waals surface area contributed by atoms with E-state index in [1.807, 2.05) is 19.1 Å². The Kier molecular flexibility index (Phi) is 8.32. The second kappa shape index (κ2) is 11.8. The van der Waals surface area contributed by atoms with Gasteiger partial charge in [0.25, 0.3) is 0 Å². The summed E-state index contributed by atoms with van der Waals surface area (Å²) in [5.74, 6) is -2.52. The number of nitrogens with zero attached hydrogens (tertiary/aromatic N) is 1. The van der Waals surface area contributed by atoms with Crippen LogP contribution in [0.15, 0.2) is 53.6 Å². The summed E-state index contributed by atoms with van der Waals surface area (Å²) < 4.78 is 10.6. The summed E-state index contributed by atoms with van der Waals surface area (Å²) in [5.41, 5.74) is 5.84. The number of hydrazone groups is 1. The zero-order chi connectivity index (χ0) is 27.2. The first-order valence-corrected chi connectivity index (χ1v) is 13.0. The molecule has 38 heavy (non-hydrogen) atoms. The van der Waals surface area contributed by atoms with Gasteiger partial charge in [0.05, 0.1) is 23.4 Å². The Morgan fingerprint density at radius 2 is 1.71 bits per heavy atom. The van der Waals surface area contributed by atoms with Crippen LogP contribution in [0.5, 0.6) is 5.75 Å². The quantitative estimate of drug-likeness (QED) is 0.152. The average molecular weight is 534 g/mol. The molecule has 1 aliphatic rings. The maximum Gasteiger partial charge on any atom is 0.343 e. The number of fused-ring (bicyclic) bond motifs is 1. The van der Waals surface area contributed by atoms with E-state index in [0.717, 1.165) is 35.3 Å². The van der Waals surface area contributed by atoms with Crippen LogP contribution in [0, 0.1) is 6.92 Å². The molecule has 1 aromatic heterocycles. The van der Waals surface area contributed by atoms with E-state index in [1.54, 1.807) is 50.2 Å². The van der Waals surface area contributed by atoms with Gasteiger partial charge in [-0.05, 0) is 87.1 Å². The van der Waals surface area contributed by atoms with Crippen LogP contribution in [-0.2, 0) is 27.2 Å². The number of esters is 2. The van der Waals surface area contributed by atoms with Crippen molar-refractivity contribution in [2.75, 3.05) is 11.9 Å². The Labute approximate surface area is 223 Å². The van der Waals surface area contributed by atoms with Gasteiger partial charge in [-0.1, -0.05) is 18.2 Å². The van der Waals surface area contributed by atoms with E-state index in [1.165, 1.54) is 11.3 Å². The number of aryl methyl sites for hydroxylation is 2. The van der Waals surface area contributed by atoms with Gasteiger partial charge in [0, 0.05) is 4.88 Å². The van der Waals surface area contributed by atoms with Crippen molar-refractivity contribution < 1.29 is 28.7 Å². The van der Waals surface area contributed by atoms with Gasteiger partial charge >= 0.3 is 23.8 Å². The first-order valence-electron chi connectivity index (χ1n) is 12.1. The summed E-state index contributed by atoms with van der Waals surface area (Å²) >= 11 is 1.29. The van der Waals surface area contributed by atoms with Crippen LogP contribution in [0.1, 0.15) is 62.6 Å². The number of hydrogen-bond acceptors (Lipinski definition) is 8. The molecule has 0 radical (unpaired) electrons. The van der Waals surface area contributed by atoms with E-state index in [9.17, 15) is 19.2 Å². The number of carbonyl (C=O) groups is 4. The minimum Gasteiger partial charge on any atom is -0.462 e. The molecule has 10 heteroatoms. The fraction of sp³-hybridized carbons (Fsp3) is 0.250. The second-order valence-electron chi connectivity index (χ2n) is 8.60. The molecule has 2 aromatic carbocycles. The third-order valence-electron chi connectivity index (χ3n) is 6.01. The molecule has 3 aromatic rings. The average Bonchev–Trinajstić information content (AvgIpc) is 3.48. The Balaban J connectivity index is 1.37.